The minimum atomic E-state index is -0.477. The molecule has 29 heavy (non-hydrogen) atoms. The summed E-state index contributed by atoms with van der Waals surface area (Å²) in [4.78, 5) is 37.3. The largest absolute Gasteiger partial charge is 0.484 e. The Hall–Kier alpha value is -2.28. The maximum Gasteiger partial charge on any atom is 0.407 e. The van der Waals surface area contributed by atoms with Crippen molar-refractivity contribution < 1.29 is 23.9 Å². The van der Waals surface area contributed by atoms with Crippen LogP contribution in [0.2, 0.25) is 0 Å². The molecule has 1 aromatic rings. The van der Waals surface area contributed by atoms with Gasteiger partial charge in [0.1, 0.15) is 22.4 Å². The van der Waals surface area contributed by atoms with Gasteiger partial charge < -0.3 is 14.8 Å². The molecule has 0 bridgehead atoms. The number of fused-ring (bicyclic) bond motifs is 2. The van der Waals surface area contributed by atoms with E-state index in [1.165, 1.54) is 11.8 Å². The summed E-state index contributed by atoms with van der Waals surface area (Å²) < 4.78 is 12.0. The van der Waals surface area contributed by atoms with Gasteiger partial charge in [-0.15, -0.1) is 11.8 Å². The molecule has 1 N–H and O–H groups in total. The minimum Gasteiger partial charge on any atom is -0.484 e. The van der Waals surface area contributed by atoms with Crippen molar-refractivity contribution in [1.82, 2.24) is 5.32 Å². The van der Waals surface area contributed by atoms with Crippen molar-refractivity contribution in [3.63, 3.8) is 0 Å². The molecule has 1 spiro atoms. The maximum atomic E-state index is 12.5. The van der Waals surface area contributed by atoms with Crippen LogP contribution >= 0.6 is 11.8 Å². The highest BCUT2D eigenvalue weighted by molar-refractivity contribution is 8.04. The predicted molar refractivity (Wildman–Crippen MR) is 111 cm³/mol. The van der Waals surface area contributed by atoms with Gasteiger partial charge in [-0.2, -0.15) is 0 Å². The van der Waals surface area contributed by atoms with Crippen LogP contribution in [-0.4, -0.2) is 40.7 Å². The average molecular weight is 416 g/mol. The average Bonchev–Trinajstić information content (AvgIpc) is 2.67. The number of amides is 1. The zero-order valence-electron chi connectivity index (χ0n) is 16.9. The van der Waals surface area contributed by atoms with Crippen LogP contribution in [0.25, 0.3) is 5.76 Å². The van der Waals surface area contributed by atoms with Gasteiger partial charge in [0.25, 0.3) is 0 Å². The number of allylic oxidation sites excluding steroid dienone is 1. The third-order valence-corrected chi connectivity index (χ3v) is 6.76. The van der Waals surface area contributed by atoms with Crippen molar-refractivity contribution in [3.8, 4) is 0 Å². The van der Waals surface area contributed by atoms with Crippen LogP contribution in [0, 0.1) is 0 Å². The molecule has 1 saturated carbocycles. The first-order chi connectivity index (χ1) is 13.7. The van der Waals surface area contributed by atoms with Crippen molar-refractivity contribution in [1.29, 1.82) is 0 Å². The monoisotopic (exact) mass is 415 g/mol. The fourth-order valence-electron chi connectivity index (χ4n) is 3.98. The van der Waals surface area contributed by atoms with E-state index < -0.39 is 23.3 Å². The second-order valence-corrected chi connectivity index (χ2v) is 9.90. The second kappa shape index (κ2) is 7.20. The molecule has 6 nitrogen and oxygen atoms in total. The van der Waals surface area contributed by atoms with E-state index in [1.54, 1.807) is 12.1 Å². The molecule has 1 heterocycles. The normalized spacial score (nSPS) is 26.5. The van der Waals surface area contributed by atoms with Crippen LogP contribution in [0.15, 0.2) is 29.2 Å². The molecule has 3 aliphatic rings. The zero-order valence-corrected chi connectivity index (χ0v) is 17.7. The molecule has 1 amide bonds. The van der Waals surface area contributed by atoms with E-state index in [4.69, 9.17) is 9.47 Å². The first kappa shape index (κ1) is 20.0. The van der Waals surface area contributed by atoms with Crippen molar-refractivity contribution in [2.24, 2.45) is 0 Å². The number of thioether (sulfide) groups is 1. The Bertz CT molecular complexity index is 906. The van der Waals surface area contributed by atoms with Crippen LogP contribution < -0.4 is 5.32 Å². The van der Waals surface area contributed by atoms with E-state index >= 15 is 0 Å². The van der Waals surface area contributed by atoms with Gasteiger partial charge in [0.2, 0.25) is 11.6 Å². The Morgan fingerprint density at radius 1 is 1.14 bits per heavy atom. The molecule has 0 radical (unpaired) electrons. The van der Waals surface area contributed by atoms with Crippen molar-refractivity contribution >= 4 is 35.2 Å². The van der Waals surface area contributed by atoms with Gasteiger partial charge in [0.05, 0.1) is 0 Å². The maximum absolute atomic E-state index is 12.5. The molecule has 0 unspecified atom stereocenters. The number of carbonyl (C=O) groups excluding carboxylic acids is 3. The molecule has 7 heteroatoms. The Morgan fingerprint density at radius 2 is 1.79 bits per heavy atom. The van der Waals surface area contributed by atoms with Gasteiger partial charge in [-0.25, -0.2) is 4.79 Å². The van der Waals surface area contributed by atoms with Crippen LogP contribution in [0.3, 0.4) is 0 Å². The number of alkyl carbamates (subject to hydrolysis) is 1. The van der Waals surface area contributed by atoms with Crippen LogP contribution in [0.4, 0.5) is 4.79 Å². The second-order valence-electron chi connectivity index (χ2n) is 8.92. The van der Waals surface area contributed by atoms with Crippen molar-refractivity contribution in [3.05, 3.63) is 40.3 Å². The van der Waals surface area contributed by atoms with E-state index in [1.807, 2.05) is 32.9 Å². The van der Waals surface area contributed by atoms with E-state index in [9.17, 15) is 14.4 Å². The summed E-state index contributed by atoms with van der Waals surface area (Å²) in [5.41, 5.74) is 0.362. The summed E-state index contributed by atoms with van der Waals surface area (Å²) in [5, 5.41) is 2.82. The lowest BCUT2D eigenvalue weighted by Gasteiger charge is -2.44. The SMILES string of the molecule is CC(C)(C)NC(=O)OC1CCC2(CC1)CSC1=C(O2)c2ccccc2C(=O)C1=O. The summed E-state index contributed by atoms with van der Waals surface area (Å²) >= 11 is 1.42. The number of carbonyl (C=O) groups is 3. The fraction of sp³-hybridized carbons (Fsp3) is 0.500. The predicted octanol–water partition coefficient (Wildman–Crippen LogP) is 4.09. The number of Topliss-reactive ketones (excluding diaryl/α,β-unsaturated/α-hetero) is 2. The number of nitrogens with one attached hydrogen (secondary N) is 1. The third kappa shape index (κ3) is 3.92. The fourth-order valence-corrected chi connectivity index (χ4v) is 5.24. The molecule has 0 atom stereocenters. The molecule has 154 valence electrons. The molecule has 4 rings (SSSR count). The summed E-state index contributed by atoms with van der Waals surface area (Å²) in [5.74, 6) is 0.211. The molecular formula is C22H25NO5S. The minimum absolute atomic E-state index is 0.145. The topological polar surface area (TPSA) is 81.7 Å². The van der Waals surface area contributed by atoms with Gasteiger partial charge in [-0.05, 0) is 46.5 Å². The zero-order chi connectivity index (χ0) is 20.8. The Kier molecular flexibility index (Phi) is 4.97. The third-order valence-electron chi connectivity index (χ3n) is 5.43. The number of hydrogen-bond acceptors (Lipinski definition) is 6. The number of hydrogen-bond donors (Lipinski definition) is 1. The highest BCUT2D eigenvalue weighted by Crippen LogP contribution is 2.48. The van der Waals surface area contributed by atoms with Crippen LogP contribution in [0.5, 0.6) is 0 Å². The molecule has 1 fully saturated rings. The van der Waals surface area contributed by atoms with Crippen molar-refractivity contribution in [2.45, 2.75) is 63.7 Å². The molecule has 0 aromatic heterocycles. The summed E-state index contributed by atoms with van der Waals surface area (Å²) in [6.07, 6.45) is 2.33. The lowest BCUT2D eigenvalue weighted by Crippen LogP contribution is -2.46. The number of ketones is 2. The first-order valence-corrected chi connectivity index (χ1v) is 10.9. The lowest BCUT2D eigenvalue weighted by atomic mass is 9.83. The molecule has 1 aliphatic heterocycles. The number of benzene rings is 1. The van der Waals surface area contributed by atoms with Crippen LogP contribution in [-0.2, 0) is 14.3 Å². The number of rotatable bonds is 1. The van der Waals surface area contributed by atoms with E-state index in [0.29, 0.717) is 40.4 Å². The summed E-state index contributed by atoms with van der Waals surface area (Å²) in [6, 6.07) is 7.11. The lowest BCUT2D eigenvalue weighted by molar-refractivity contribution is -0.111. The van der Waals surface area contributed by atoms with Gasteiger partial charge in [0, 0.05) is 22.4 Å². The van der Waals surface area contributed by atoms with E-state index in [0.717, 1.165) is 12.8 Å². The smallest absolute Gasteiger partial charge is 0.407 e. The standard InChI is InChI=1S/C22H25NO5S/c1-21(2,3)23-20(26)27-13-8-10-22(11-9-13)12-29-19-17(25)16(24)14-6-4-5-7-15(14)18(19)28-22/h4-7,13H,8-12H2,1-3H3,(H,23,26). The van der Waals surface area contributed by atoms with Gasteiger partial charge in [0.15, 0.2) is 0 Å². The molecular weight excluding hydrogens is 390 g/mol. The number of ether oxygens (including phenoxy) is 2. The summed E-state index contributed by atoms with van der Waals surface area (Å²) in [6.45, 7) is 5.74. The molecule has 2 aliphatic carbocycles. The van der Waals surface area contributed by atoms with E-state index in [-0.39, 0.29) is 11.6 Å². The molecule has 1 aromatic carbocycles. The van der Waals surface area contributed by atoms with Crippen molar-refractivity contribution in [2.75, 3.05) is 5.75 Å². The summed E-state index contributed by atoms with van der Waals surface area (Å²) in [7, 11) is 0. The highest BCUT2D eigenvalue weighted by atomic mass is 32.2. The van der Waals surface area contributed by atoms with Crippen LogP contribution in [0.1, 0.15) is 62.4 Å². The highest BCUT2D eigenvalue weighted by Gasteiger charge is 2.46. The Labute approximate surface area is 174 Å². The van der Waals surface area contributed by atoms with E-state index in [2.05, 4.69) is 5.32 Å². The van der Waals surface area contributed by atoms with Gasteiger partial charge in [-0.3, -0.25) is 9.59 Å². The Balaban J connectivity index is 1.47. The Morgan fingerprint density at radius 3 is 2.45 bits per heavy atom. The first-order valence-electron chi connectivity index (χ1n) is 9.91. The quantitative estimate of drug-likeness (QED) is 0.696. The van der Waals surface area contributed by atoms with Gasteiger partial charge in [-0.1, -0.05) is 24.3 Å². The molecule has 0 saturated heterocycles. The van der Waals surface area contributed by atoms with Gasteiger partial charge >= 0.3 is 6.09 Å².